The van der Waals surface area contributed by atoms with Crippen LogP contribution in [0.1, 0.15) is 17.2 Å². The van der Waals surface area contributed by atoms with Gasteiger partial charge in [0.25, 0.3) is 0 Å². The van der Waals surface area contributed by atoms with Gasteiger partial charge in [0.2, 0.25) is 0 Å². The molecule has 0 radical (unpaired) electrons. The Labute approximate surface area is 125 Å². The topological polar surface area (TPSA) is 60.7 Å². The molecule has 2 aromatic carbocycles. The van der Waals surface area contributed by atoms with Crippen LogP contribution in [0.2, 0.25) is 5.02 Å². The quantitative estimate of drug-likeness (QED) is 0.697. The van der Waals surface area contributed by atoms with Crippen molar-refractivity contribution < 1.29 is 4.39 Å². The van der Waals surface area contributed by atoms with Gasteiger partial charge in [-0.05, 0) is 42.4 Å². The number of aromatic amines is 2. The molecule has 3 aromatic rings. The van der Waals surface area contributed by atoms with E-state index in [2.05, 4.69) is 15.3 Å². The zero-order valence-electron chi connectivity index (χ0n) is 11.2. The predicted octanol–water partition coefficient (Wildman–Crippen LogP) is 2.96. The lowest BCUT2D eigenvalue weighted by Crippen LogP contribution is -2.17. The van der Waals surface area contributed by atoms with Crippen molar-refractivity contribution in [3.8, 4) is 0 Å². The standard InChI is InChI=1S/C15H13ClFN3O/c1-18-14(8-2-4-10(16)11(17)6-8)9-3-5-12-13(7-9)20-15(21)19-12/h2-7,14,18H,1H3,(H2,19,20,21). The van der Waals surface area contributed by atoms with E-state index in [0.717, 1.165) is 16.6 Å². The zero-order valence-corrected chi connectivity index (χ0v) is 12.0. The minimum Gasteiger partial charge on any atom is -0.309 e. The third-order valence-electron chi connectivity index (χ3n) is 3.44. The van der Waals surface area contributed by atoms with E-state index in [0.29, 0.717) is 5.52 Å². The average Bonchev–Trinajstić information content (AvgIpc) is 2.83. The van der Waals surface area contributed by atoms with Gasteiger partial charge in [-0.1, -0.05) is 23.7 Å². The molecule has 4 nitrogen and oxygen atoms in total. The highest BCUT2D eigenvalue weighted by Gasteiger charge is 2.14. The molecule has 3 N–H and O–H groups in total. The van der Waals surface area contributed by atoms with Gasteiger partial charge in [0.05, 0.1) is 22.1 Å². The van der Waals surface area contributed by atoms with Crippen LogP contribution in [0.15, 0.2) is 41.2 Å². The first-order chi connectivity index (χ1) is 10.1. The second-order valence-electron chi connectivity index (χ2n) is 4.78. The van der Waals surface area contributed by atoms with E-state index in [4.69, 9.17) is 11.6 Å². The molecule has 3 rings (SSSR count). The number of nitrogens with one attached hydrogen (secondary N) is 3. The Bertz CT molecular complexity index is 855. The van der Waals surface area contributed by atoms with Gasteiger partial charge in [0.15, 0.2) is 0 Å². The summed E-state index contributed by atoms with van der Waals surface area (Å²) < 4.78 is 13.6. The zero-order chi connectivity index (χ0) is 15.0. The molecule has 0 bridgehead atoms. The van der Waals surface area contributed by atoms with Crippen molar-refractivity contribution in [2.24, 2.45) is 0 Å². The van der Waals surface area contributed by atoms with Crippen LogP contribution in [-0.4, -0.2) is 17.0 Å². The highest BCUT2D eigenvalue weighted by atomic mass is 35.5. The van der Waals surface area contributed by atoms with Gasteiger partial charge in [0.1, 0.15) is 5.82 Å². The number of H-pyrrole nitrogens is 2. The highest BCUT2D eigenvalue weighted by molar-refractivity contribution is 6.30. The summed E-state index contributed by atoms with van der Waals surface area (Å²) in [5, 5.41) is 3.24. The van der Waals surface area contributed by atoms with Gasteiger partial charge in [-0.15, -0.1) is 0 Å². The summed E-state index contributed by atoms with van der Waals surface area (Å²) in [6, 6.07) is 10.1. The molecule has 1 atom stereocenters. The van der Waals surface area contributed by atoms with Gasteiger partial charge in [-0.25, -0.2) is 9.18 Å². The lowest BCUT2D eigenvalue weighted by atomic mass is 9.98. The molecule has 108 valence electrons. The Morgan fingerprint density at radius 1 is 1.10 bits per heavy atom. The molecule has 1 aromatic heterocycles. The molecule has 0 fully saturated rings. The highest BCUT2D eigenvalue weighted by Crippen LogP contribution is 2.26. The Kier molecular flexibility index (Phi) is 3.53. The molecule has 1 heterocycles. The van der Waals surface area contributed by atoms with E-state index in [-0.39, 0.29) is 16.8 Å². The van der Waals surface area contributed by atoms with Crippen molar-refractivity contribution in [3.63, 3.8) is 0 Å². The Morgan fingerprint density at radius 3 is 2.48 bits per heavy atom. The first kappa shape index (κ1) is 13.9. The fourth-order valence-electron chi connectivity index (χ4n) is 2.45. The van der Waals surface area contributed by atoms with Crippen LogP contribution in [-0.2, 0) is 0 Å². The number of halogens is 2. The summed E-state index contributed by atoms with van der Waals surface area (Å²) in [5.74, 6) is -0.453. The number of benzene rings is 2. The second kappa shape index (κ2) is 5.35. The Balaban J connectivity index is 2.08. The average molecular weight is 306 g/mol. The van der Waals surface area contributed by atoms with Crippen molar-refractivity contribution in [2.75, 3.05) is 7.05 Å². The lowest BCUT2D eigenvalue weighted by molar-refractivity contribution is 0.617. The summed E-state index contributed by atoms with van der Waals surface area (Å²) in [6.45, 7) is 0. The van der Waals surface area contributed by atoms with Crippen LogP contribution in [0.3, 0.4) is 0 Å². The number of fused-ring (bicyclic) bond motifs is 1. The summed E-state index contributed by atoms with van der Waals surface area (Å²) in [5.41, 5.74) is 2.88. The van der Waals surface area contributed by atoms with E-state index >= 15 is 0 Å². The van der Waals surface area contributed by atoms with Gasteiger partial charge in [0, 0.05) is 0 Å². The van der Waals surface area contributed by atoms with Crippen LogP contribution in [0.25, 0.3) is 11.0 Å². The normalized spacial score (nSPS) is 12.7. The van der Waals surface area contributed by atoms with Crippen molar-refractivity contribution in [1.82, 2.24) is 15.3 Å². The van der Waals surface area contributed by atoms with Gasteiger partial charge >= 0.3 is 5.69 Å². The summed E-state index contributed by atoms with van der Waals surface area (Å²) in [4.78, 5) is 16.7. The maximum absolute atomic E-state index is 13.6. The Morgan fingerprint density at radius 2 is 1.76 bits per heavy atom. The van der Waals surface area contributed by atoms with Crippen molar-refractivity contribution in [2.45, 2.75) is 6.04 Å². The fraction of sp³-hybridized carbons (Fsp3) is 0.133. The maximum Gasteiger partial charge on any atom is 0.323 e. The first-order valence-electron chi connectivity index (χ1n) is 6.42. The van der Waals surface area contributed by atoms with E-state index in [1.54, 1.807) is 13.1 Å². The molecular weight excluding hydrogens is 293 g/mol. The van der Waals surface area contributed by atoms with Gasteiger partial charge in [-0.3, -0.25) is 0 Å². The summed E-state index contributed by atoms with van der Waals surface area (Å²) in [7, 11) is 1.79. The third-order valence-corrected chi connectivity index (χ3v) is 3.75. The first-order valence-corrected chi connectivity index (χ1v) is 6.80. The minimum absolute atomic E-state index is 0.0963. The van der Waals surface area contributed by atoms with E-state index in [1.165, 1.54) is 12.1 Å². The van der Waals surface area contributed by atoms with Crippen LogP contribution in [0.4, 0.5) is 4.39 Å². The fourth-order valence-corrected chi connectivity index (χ4v) is 2.56. The van der Waals surface area contributed by atoms with Gasteiger partial charge < -0.3 is 15.3 Å². The van der Waals surface area contributed by atoms with E-state index < -0.39 is 5.82 Å². The molecule has 1 unspecified atom stereocenters. The van der Waals surface area contributed by atoms with Gasteiger partial charge in [-0.2, -0.15) is 0 Å². The lowest BCUT2D eigenvalue weighted by Gasteiger charge is -2.17. The third kappa shape index (κ3) is 2.57. The van der Waals surface area contributed by atoms with E-state index in [9.17, 15) is 9.18 Å². The number of rotatable bonds is 3. The number of aromatic nitrogens is 2. The second-order valence-corrected chi connectivity index (χ2v) is 5.19. The van der Waals surface area contributed by atoms with Crippen molar-refractivity contribution in [3.05, 3.63) is 68.8 Å². The molecule has 21 heavy (non-hydrogen) atoms. The molecule has 0 spiro atoms. The minimum atomic E-state index is -0.453. The molecular formula is C15H13ClFN3O. The number of imidazole rings is 1. The molecule has 0 aliphatic heterocycles. The van der Waals surface area contributed by atoms with Crippen LogP contribution in [0, 0.1) is 5.82 Å². The molecule has 0 saturated heterocycles. The van der Waals surface area contributed by atoms with Crippen molar-refractivity contribution >= 4 is 22.6 Å². The predicted molar refractivity (Wildman–Crippen MR) is 81.2 cm³/mol. The van der Waals surface area contributed by atoms with Crippen LogP contribution >= 0.6 is 11.6 Å². The molecule has 0 aliphatic rings. The maximum atomic E-state index is 13.6. The van der Waals surface area contributed by atoms with Crippen LogP contribution in [0.5, 0.6) is 0 Å². The SMILES string of the molecule is CNC(c1ccc(Cl)c(F)c1)c1ccc2[nH]c(=O)[nH]c2c1. The summed E-state index contributed by atoms with van der Waals surface area (Å²) in [6.07, 6.45) is 0. The number of hydrogen-bond donors (Lipinski definition) is 3. The monoisotopic (exact) mass is 305 g/mol. The molecule has 0 amide bonds. The molecule has 6 heteroatoms. The largest absolute Gasteiger partial charge is 0.323 e. The number of hydrogen-bond acceptors (Lipinski definition) is 2. The smallest absolute Gasteiger partial charge is 0.309 e. The van der Waals surface area contributed by atoms with E-state index in [1.807, 2.05) is 18.2 Å². The molecule has 0 saturated carbocycles. The van der Waals surface area contributed by atoms with Crippen LogP contribution < -0.4 is 11.0 Å². The molecule has 0 aliphatic carbocycles. The Hall–Kier alpha value is -2.11. The summed E-state index contributed by atoms with van der Waals surface area (Å²) >= 11 is 5.72. The van der Waals surface area contributed by atoms with Crippen molar-refractivity contribution in [1.29, 1.82) is 0 Å².